The Morgan fingerprint density at radius 3 is 2.72 bits per heavy atom. The van der Waals surface area contributed by atoms with Crippen LogP contribution in [0.2, 0.25) is 0 Å². The minimum Gasteiger partial charge on any atom is -0.367 e. The first-order valence-electron chi connectivity index (χ1n) is 9.23. The third-order valence-corrected chi connectivity index (χ3v) is 5.33. The van der Waals surface area contributed by atoms with Crippen molar-refractivity contribution in [1.82, 2.24) is 5.32 Å². The monoisotopic (exact) mass is 335 g/mol. The van der Waals surface area contributed by atoms with E-state index >= 15 is 0 Å². The highest BCUT2D eigenvalue weighted by molar-refractivity contribution is 5.93. The number of fused-ring (bicyclic) bond motifs is 1. The first kappa shape index (κ1) is 16.2. The lowest BCUT2D eigenvalue weighted by Crippen LogP contribution is -2.34. The minimum absolute atomic E-state index is 0.127. The average molecular weight is 335 g/mol. The Labute approximate surface area is 149 Å². The van der Waals surface area contributed by atoms with E-state index in [1.165, 1.54) is 16.8 Å². The number of anilines is 2. The maximum atomic E-state index is 12.6. The molecule has 2 aromatic carbocycles. The molecule has 4 rings (SSSR count). The number of nitrogens with one attached hydrogen (secondary N) is 2. The van der Waals surface area contributed by atoms with E-state index in [0.717, 1.165) is 51.1 Å². The van der Waals surface area contributed by atoms with E-state index in [4.69, 9.17) is 0 Å². The van der Waals surface area contributed by atoms with E-state index in [1.807, 2.05) is 12.1 Å². The Bertz CT molecular complexity index is 752. The highest BCUT2D eigenvalue weighted by atomic mass is 16.1. The molecule has 2 heterocycles. The van der Waals surface area contributed by atoms with Gasteiger partial charge in [-0.25, -0.2) is 0 Å². The second-order valence-electron chi connectivity index (χ2n) is 6.97. The van der Waals surface area contributed by atoms with Crippen molar-refractivity contribution in [3.63, 3.8) is 0 Å². The van der Waals surface area contributed by atoms with Gasteiger partial charge in [-0.2, -0.15) is 0 Å². The Morgan fingerprint density at radius 2 is 1.84 bits per heavy atom. The van der Waals surface area contributed by atoms with Gasteiger partial charge in [-0.1, -0.05) is 36.4 Å². The number of rotatable bonds is 4. The molecule has 4 heteroatoms. The molecule has 2 N–H and O–H groups in total. The summed E-state index contributed by atoms with van der Waals surface area (Å²) in [6.07, 6.45) is 2.95. The van der Waals surface area contributed by atoms with Crippen LogP contribution in [0, 0.1) is 5.92 Å². The molecule has 0 unspecified atom stereocenters. The molecule has 130 valence electrons. The van der Waals surface area contributed by atoms with Crippen LogP contribution in [-0.2, 0) is 17.8 Å². The fourth-order valence-corrected chi connectivity index (χ4v) is 3.88. The lowest BCUT2D eigenvalue weighted by Gasteiger charge is -2.24. The molecule has 2 aliphatic heterocycles. The van der Waals surface area contributed by atoms with Gasteiger partial charge in [-0.3, -0.25) is 4.79 Å². The van der Waals surface area contributed by atoms with Crippen LogP contribution < -0.4 is 15.5 Å². The number of para-hydroxylation sites is 2. The number of amides is 1. The van der Waals surface area contributed by atoms with Crippen LogP contribution in [0.1, 0.15) is 24.0 Å². The fraction of sp³-hybridized carbons (Fsp3) is 0.381. The van der Waals surface area contributed by atoms with Gasteiger partial charge in [0.1, 0.15) is 0 Å². The summed E-state index contributed by atoms with van der Waals surface area (Å²) in [5, 5.41) is 6.50. The molecule has 2 aliphatic rings. The summed E-state index contributed by atoms with van der Waals surface area (Å²) < 4.78 is 0. The van der Waals surface area contributed by atoms with Crippen LogP contribution in [-0.4, -0.2) is 25.5 Å². The molecular weight excluding hydrogens is 310 g/mol. The molecular formula is C21H25N3O. The fourth-order valence-electron chi connectivity index (χ4n) is 3.88. The maximum Gasteiger partial charge on any atom is 0.227 e. The van der Waals surface area contributed by atoms with Crippen molar-refractivity contribution < 1.29 is 4.79 Å². The van der Waals surface area contributed by atoms with Crippen LogP contribution in [0.3, 0.4) is 0 Å². The number of benzene rings is 2. The smallest absolute Gasteiger partial charge is 0.227 e. The summed E-state index contributed by atoms with van der Waals surface area (Å²) in [6.45, 7) is 3.74. The van der Waals surface area contributed by atoms with Gasteiger partial charge in [0.05, 0.1) is 0 Å². The molecule has 0 bridgehead atoms. The topological polar surface area (TPSA) is 44.4 Å². The van der Waals surface area contributed by atoms with Gasteiger partial charge in [0.15, 0.2) is 0 Å². The molecule has 1 saturated heterocycles. The standard InChI is InChI=1S/C21H25N3O/c25-21(17-9-12-22-13-10-17)23-19-7-3-1-6-18(19)15-24-14-11-16-5-2-4-8-20(16)24/h1-8,17,22H,9-15H2,(H,23,25). The van der Waals surface area contributed by atoms with Gasteiger partial charge in [-0.15, -0.1) is 0 Å². The molecule has 0 atom stereocenters. The Balaban J connectivity index is 1.49. The molecule has 1 fully saturated rings. The molecule has 2 aromatic rings. The third-order valence-electron chi connectivity index (χ3n) is 5.33. The molecule has 25 heavy (non-hydrogen) atoms. The van der Waals surface area contributed by atoms with Crippen LogP contribution in [0.15, 0.2) is 48.5 Å². The summed E-state index contributed by atoms with van der Waals surface area (Å²) in [7, 11) is 0. The summed E-state index contributed by atoms with van der Waals surface area (Å²) in [6, 6.07) is 16.8. The second kappa shape index (κ2) is 7.28. The van der Waals surface area contributed by atoms with Crippen LogP contribution in [0.4, 0.5) is 11.4 Å². The molecule has 0 aromatic heterocycles. The van der Waals surface area contributed by atoms with Crippen LogP contribution >= 0.6 is 0 Å². The number of carbonyl (C=O) groups excluding carboxylic acids is 1. The quantitative estimate of drug-likeness (QED) is 0.902. The van der Waals surface area contributed by atoms with Crippen molar-refractivity contribution in [3.05, 3.63) is 59.7 Å². The summed E-state index contributed by atoms with van der Waals surface area (Å²) in [5.41, 5.74) is 4.87. The highest BCUT2D eigenvalue weighted by Gasteiger charge is 2.23. The minimum atomic E-state index is 0.127. The normalized spacial score (nSPS) is 17.4. The molecule has 0 aliphatic carbocycles. The summed E-state index contributed by atoms with van der Waals surface area (Å²) >= 11 is 0. The average Bonchev–Trinajstić information content (AvgIpc) is 3.07. The molecule has 0 spiro atoms. The zero-order valence-corrected chi connectivity index (χ0v) is 14.5. The van der Waals surface area contributed by atoms with E-state index in [0.29, 0.717) is 0 Å². The van der Waals surface area contributed by atoms with Gasteiger partial charge in [0, 0.05) is 30.4 Å². The molecule has 0 saturated carbocycles. The Morgan fingerprint density at radius 1 is 1.08 bits per heavy atom. The number of piperidine rings is 1. The molecule has 1 amide bonds. The predicted octanol–water partition coefficient (Wildman–Crippen LogP) is 3.19. The lowest BCUT2D eigenvalue weighted by molar-refractivity contribution is -0.120. The highest BCUT2D eigenvalue weighted by Crippen LogP contribution is 2.30. The Hall–Kier alpha value is -2.33. The maximum absolute atomic E-state index is 12.6. The molecule has 0 radical (unpaired) electrons. The van der Waals surface area contributed by atoms with Gasteiger partial charge in [0.25, 0.3) is 0 Å². The van der Waals surface area contributed by atoms with Gasteiger partial charge < -0.3 is 15.5 Å². The van der Waals surface area contributed by atoms with Crippen LogP contribution in [0.5, 0.6) is 0 Å². The third kappa shape index (κ3) is 3.54. The number of hydrogen-bond acceptors (Lipinski definition) is 3. The van der Waals surface area contributed by atoms with Crippen molar-refractivity contribution in [3.8, 4) is 0 Å². The van der Waals surface area contributed by atoms with Gasteiger partial charge in [0.2, 0.25) is 5.91 Å². The predicted molar refractivity (Wildman–Crippen MR) is 102 cm³/mol. The first-order valence-corrected chi connectivity index (χ1v) is 9.23. The lowest BCUT2D eigenvalue weighted by atomic mass is 9.97. The van der Waals surface area contributed by atoms with E-state index < -0.39 is 0 Å². The van der Waals surface area contributed by atoms with Crippen molar-refractivity contribution >= 4 is 17.3 Å². The number of carbonyl (C=O) groups is 1. The van der Waals surface area contributed by atoms with E-state index in [9.17, 15) is 4.79 Å². The first-order chi connectivity index (χ1) is 12.3. The van der Waals surface area contributed by atoms with Crippen molar-refractivity contribution in [2.24, 2.45) is 5.92 Å². The van der Waals surface area contributed by atoms with E-state index in [2.05, 4.69) is 51.9 Å². The van der Waals surface area contributed by atoms with Crippen molar-refractivity contribution in [2.75, 3.05) is 29.9 Å². The summed E-state index contributed by atoms with van der Waals surface area (Å²) in [4.78, 5) is 15.0. The summed E-state index contributed by atoms with van der Waals surface area (Å²) in [5.74, 6) is 0.289. The SMILES string of the molecule is O=C(Nc1ccccc1CN1CCc2ccccc21)C1CCNCC1. The van der Waals surface area contributed by atoms with E-state index in [1.54, 1.807) is 0 Å². The zero-order valence-electron chi connectivity index (χ0n) is 14.5. The van der Waals surface area contributed by atoms with Crippen LogP contribution in [0.25, 0.3) is 0 Å². The molecule has 4 nitrogen and oxygen atoms in total. The van der Waals surface area contributed by atoms with Gasteiger partial charge >= 0.3 is 0 Å². The van der Waals surface area contributed by atoms with E-state index in [-0.39, 0.29) is 11.8 Å². The van der Waals surface area contributed by atoms with Crippen molar-refractivity contribution in [2.45, 2.75) is 25.8 Å². The van der Waals surface area contributed by atoms with Gasteiger partial charge in [-0.05, 0) is 55.6 Å². The zero-order chi connectivity index (χ0) is 17.1. The largest absolute Gasteiger partial charge is 0.367 e. The number of nitrogens with zero attached hydrogens (tertiary/aromatic N) is 1. The second-order valence-corrected chi connectivity index (χ2v) is 6.97. The number of hydrogen-bond donors (Lipinski definition) is 2. The van der Waals surface area contributed by atoms with Crippen molar-refractivity contribution in [1.29, 1.82) is 0 Å². The Kier molecular flexibility index (Phi) is 4.70.